The van der Waals surface area contributed by atoms with Crippen molar-refractivity contribution in [3.8, 4) is 0 Å². The molecule has 0 atom stereocenters. The molecule has 2 aromatic heterocycles. The van der Waals surface area contributed by atoms with Gasteiger partial charge in [0.05, 0.1) is 34.9 Å². The van der Waals surface area contributed by atoms with Gasteiger partial charge in [-0.2, -0.15) is 0 Å². The van der Waals surface area contributed by atoms with E-state index >= 15 is 0 Å². The molecule has 0 bridgehead atoms. The van der Waals surface area contributed by atoms with Crippen LogP contribution < -0.4 is 15.3 Å². The van der Waals surface area contributed by atoms with E-state index in [9.17, 15) is 34.5 Å². The maximum atomic E-state index is 10.3. The van der Waals surface area contributed by atoms with Crippen molar-refractivity contribution in [1.29, 1.82) is 0 Å². The van der Waals surface area contributed by atoms with Crippen LogP contribution in [0.5, 0.6) is 0 Å². The van der Waals surface area contributed by atoms with E-state index in [1.165, 1.54) is 0 Å². The van der Waals surface area contributed by atoms with Gasteiger partial charge in [-0.15, -0.1) is 0 Å². The summed E-state index contributed by atoms with van der Waals surface area (Å²) in [5.41, 5.74) is -0.806. The quantitative estimate of drug-likeness (QED) is 0.308. The van der Waals surface area contributed by atoms with Crippen LogP contribution in [0, 0.1) is 41.7 Å². The molecule has 0 spiro atoms. The molecule has 0 unspecified atom stereocenters. The van der Waals surface area contributed by atoms with E-state index < -0.39 is 23.9 Å². The standard InChI is InChI=1S/2C7H5NO4.Ce.9H2O/c2*9-6(10)4-1-2-5(7(11)12)8-3-4;;;;;;;;;;/h2*1-3H,(H,9,10)(H,11,12);;9*1H2/q;;+3;;;;;;;;;/p+2. The van der Waals surface area contributed by atoms with Crippen molar-refractivity contribution in [3.05, 3.63) is 59.2 Å². The average molecular weight is 639 g/mol. The summed E-state index contributed by atoms with van der Waals surface area (Å²) in [6.07, 6.45) is 1.87. The minimum atomic E-state index is -1.44. The topological polar surface area (TPSA) is 474 Å². The zero-order valence-electron chi connectivity index (χ0n) is 17.1. The van der Waals surface area contributed by atoms with E-state index in [0.717, 1.165) is 36.7 Å². The first-order valence-electron chi connectivity index (χ1n) is 6.01. The molecule has 19 nitrogen and oxygen atoms in total. The maximum Gasteiger partial charge on any atom is 3.00 e. The molecule has 0 fully saturated rings. The van der Waals surface area contributed by atoms with Crippen LogP contribution in [0.3, 0.4) is 0 Å². The van der Waals surface area contributed by atoms with Crippen LogP contribution in [-0.2, 0) is 27.4 Å². The molecule has 0 saturated carbocycles. The average Bonchev–Trinajstić information content (AvgIpc) is 2.55. The molecule has 20 heteroatoms. The van der Waals surface area contributed by atoms with Gasteiger partial charge in [0.1, 0.15) is 0 Å². The van der Waals surface area contributed by atoms with Gasteiger partial charge in [0.2, 0.25) is 0 Å². The monoisotopic (exact) mass is 638 g/mol. The smallest absolute Gasteiger partial charge is 0.545 e. The number of aromatic nitrogens is 2. The Morgan fingerprint density at radius 3 is 1.06 bits per heavy atom. The summed E-state index contributed by atoms with van der Waals surface area (Å²) in [5, 5.41) is 38.9. The summed E-state index contributed by atoms with van der Waals surface area (Å²) in [6.45, 7) is 0. The fraction of sp³-hybridized carbons (Fsp3) is 0. The first-order chi connectivity index (χ1) is 11.2. The maximum absolute atomic E-state index is 10.3. The predicted molar refractivity (Wildman–Crippen MR) is 107 cm³/mol. The number of rotatable bonds is 4. The van der Waals surface area contributed by atoms with E-state index in [1.54, 1.807) is 0 Å². The fourth-order valence-electron chi connectivity index (χ4n) is 1.28. The summed E-state index contributed by atoms with van der Waals surface area (Å²) in [5.74, 6) is -5.41. The number of carbonyl (C=O) groups is 4. The zero-order chi connectivity index (χ0) is 18.3. The molecule has 34 heavy (non-hydrogen) atoms. The second-order valence-electron chi connectivity index (χ2n) is 4.03. The Hall–Kier alpha value is -2.80. The fourth-order valence-corrected chi connectivity index (χ4v) is 1.28. The number of carbonyl (C=O) groups excluding carboxylic acids is 3. The number of aromatic carboxylic acids is 4. The predicted octanol–water partition coefficient (Wildman–Crippen LogP) is -11.0. The molecule has 0 amide bonds. The minimum absolute atomic E-state index is 0. The van der Waals surface area contributed by atoms with Gasteiger partial charge in [0.25, 0.3) is 0 Å². The van der Waals surface area contributed by atoms with Crippen LogP contribution in [-0.4, -0.2) is 60.9 Å². The van der Waals surface area contributed by atoms with Crippen molar-refractivity contribution >= 4 is 23.9 Å². The summed E-state index contributed by atoms with van der Waals surface area (Å²) in [7, 11) is 0. The van der Waals surface area contributed by atoms with Crippen LogP contribution in [0.2, 0.25) is 0 Å². The number of nitrogens with zero attached hydrogens (tertiary/aromatic N) is 2. The first-order valence-corrected chi connectivity index (χ1v) is 6.01. The Labute approximate surface area is 222 Å². The molecule has 2 heterocycles. The van der Waals surface area contributed by atoms with E-state index in [4.69, 9.17) is 5.11 Å². The van der Waals surface area contributed by atoms with Crippen LogP contribution >= 0.6 is 0 Å². The van der Waals surface area contributed by atoms with Crippen LogP contribution in [0.15, 0.2) is 36.7 Å². The van der Waals surface area contributed by atoms with Crippen LogP contribution in [0.25, 0.3) is 0 Å². The Kier molecular flexibility index (Phi) is 56.2. The van der Waals surface area contributed by atoms with Gasteiger partial charge in [-0.05, 0) is 24.3 Å². The molecule has 24 N–H and O–H groups in total. The van der Waals surface area contributed by atoms with Gasteiger partial charge in [0.15, 0.2) is 0 Å². The molecule has 2 aromatic rings. The van der Waals surface area contributed by atoms with Crippen molar-refractivity contribution in [2.45, 2.75) is 0 Å². The van der Waals surface area contributed by atoms with Crippen molar-refractivity contribution in [3.63, 3.8) is 0 Å². The Bertz CT molecular complexity index is 652. The van der Waals surface area contributed by atoms with Gasteiger partial charge in [-0.25, -0.2) is 4.79 Å². The van der Waals surface area contributed by atoms with Crippen molar-refractivity contribution in [1.82, 2.24) is 9.97 Å². The third kappa shape index (κ3) is 21.1. The second kappa shape index (κ2) is 30.2. The molecule has 197 valence electrons. The third-order valence-corrected chi connectivity index (χ3v) is 2.43. The molecule has 0 aliphatic rings. The van der Waals surface area contributed by atoms with Gasteiger partial charge in [-0.3, -0.25) is 9.97 Å². The molecule has 0 aromatic carbocycles. The molecule has 0 aliphatic heterocycles. The summed E-state index contributed by atoms with van der Waals surface area (Å²) in [4.78, 5) is 47.4. The molecular weight excluding hydrogens is 608 g/mol. The van der Waals surface area contributed by atoms with Crippen molar-refractivity contribution < 1.29 is 131 Å². The summed E-state index contributed by atoms with van der Waals surface area (Å²) < 4.78 is 0. The Morgan fingerprint density at radius 1 is 0.588 bits per heavy atom. The van der Waals surface area contributed by atoms with Crippen LogP contribution in [0.1, 0.15) is 41.7 Å². The van der Waals surface area contributed by atoms with Crippen LogP contribution in [0.4, 0.5) is 0 Å². The van der Waals surface area contributed by atoms with Gasteiger partial charge in [0, 0.05) is 18.0 Å². The second-order valence-corrected chi connectivity index (χ2v) is 4.03. The first kappa shape index (κ1) is 63.3. The Morgan fingerprint density at radius 2 is 0.882 bits per heavy atom. The third-order valence-electron chi connectivity index (χ3n) is 2.43. The van der Waals surface area contributed by atoms with Crippen molar-refractivity contribution in [2.75, 3.05) is 0 Å². The number of hydrogen-bond acceptors (Lipinski definition) is 9. The number of carboxylic acids is 4. The zero-order valence-corrected chi connectivity index (χ0v) is 20.2. The minimum Gasteiger partial charge on any atom is -0.545 e. The van der Waals surface area contributed by atoms with E-state index in [1.807, 2.05) is 0 Å². The summed E-state index contributed by atoms with van der Waals surface area (Å²) in [6, 6.07) is 4.37. The SMILES string of the molecule is O.O.O.O.O=C(O)c1ccc(C(=O)[O-])nc1.O=C([O-])c1ccc(C(=O)[O-])nc1.[Ce+3].[OH3+].[OH3+].[OH3+].[OH3+].[OH3+]. The number of carboxylic acid groups (broad SMARTS) is 4. The van der Waals surface area contributed by atoms with Gasteiger partial charge >= 0.3 is 47.7 Å². The summed E-state index contributed by atoms with van der Waals surface area (Å²) >= 11 is 0. The molecule has 0 aliphatic carbocycles. The Balaban J connectivity index is -0.0000000327. The van der Waals surface area contributed by atoms with E-state index in [0.29, 0.717) is 0 Å². The number of pyridine rings is 2. The van der Waals surface area contributed by atoms with Gasteiger partial charge in [-0.1, -0.05) is 0 Å². The molecule has 2 rings (SSSR count). The molecular formula is C14H30CeN2O17+5. The largest absolute Gasteiger partial charge is 3.00 e. The molecule has 0 saturated heterocycles. The van der Waals surface area contributed by atoms with Crippen molar-refractivity contribution in [2.24, 2.45) is 0 Å². The molecule has 1 radical (unpaired) electrons. The van der Waals surface area contributed by atoms with E-state index in [-0.39, 0.29) is 114 Å². The number of hydrogen-bond donors (Lipinski definition) is 1. The van der Waals surface area contributed by atoms with Gasteiger partial charge < -0.3 is 84.1 Å². The van der Waals surface area contributed by atoms with E-state index in [2.05, 4.69) is 9.97 Å². The normalized spacial score (nSPS) is 6.59.